The largest absolute Gasteiger partial charge is 0.319 e. The number of rotatable bonds is 3. The molecule has 21 heavy (non-hydrogen) atoms. The summed E-state index contributed by atoms with van der Waals surface area (Å²) in [6.07, 6.45) is 0. The molecule has 0 aliphatic rings. The maximum absolute atomic E-state index is 13.3. The van der Waals surface area contributed by atoms with Gasteiger partial charge in [-0.25, -0.2) is 4.39 Å². The predicted octanol–water partition coefficient (Wildman–Crippen LogP) is 4.23. The van der Waals surface area contributed by atoms with Crippen LogP contribution in [0.5, 0.6) is 0 Å². The van der Waals surface area contributed by atoms with Crippen molar-refractivity contribution in [2.24, 2.45) is 0 Å². The molecule has 0 unspecified atom stereocenters. The molecule has 0 spiro atoms. The smallest absolute Gasteiger partial charge is 0.257 e. The topological polar surface area (TPSA) is 46.9 Å². The van der Waals surface area contributed by atoms with Crippen LogP contribution in [0, 0.1) is 19.7 Å². The molecule has 0 saturated carbocycles. The number of halogens is 2. The van der Waals surface area contributed by atoms with Gasteiger partial charge in [-0.05, 0) is 61.8 Å². The van der Waals surface area contributed by atoms with Gasteiger partial charge in [0.25, 0.3) is 5.91 Å². The number of anilines is 1. The Labute approximate surface area is 131 Å². The highest BCUT2D eigenvalue weighted by molar-refractivity contribution is 9.10. The first kappa shape index (κ1) is 15.7. The number of aromatic nitrogens is 2. The molecule has 1 amide bonds. The second-order valence-corrected chi connectivity index (χ2v) is 6.02. The van der Waals surface area contributed by atoms with Crippen molar-refractivity contribution in [1.82, 2.24) is 9.78 Å². The molecule has 0 atom stereocenters. The van der Waals surface area contributed by atoms with Crippen molar-refractivity contribution in [2.45, 2.75) is 33.7 Å². The van der Waals surface area contributed by atoms with E-state index in [0.717, 1.165) is 11.4 Å². The van der Waals surface area contributed by atoms with Crippen LogP contribution < -0.4 is 5.32 Å². The van der Waals surface area contributed by atoms with Crippen LogP contribution in [0.3, 0.4) is 0 Å². The summed E-state index contributed by atoms with van der Waals surface area (Å²) in [5.74, 6) is -0.814. The number of nitrogens with zero attached hydrogens (tertiary/aromatic N) is 2. The lowest BCUT2D eigenvalue weighted by Gasteiger charge is -2.10. The van der Waals surface area contributed by atoms with Crippen molar-refractivity contribution >= 4 is 27.5 Å². The van der Waals surface area contributed by atoms with Gasteiger partial charge in [0.05, 0.1) is 22.6 Å². The van der Waals surface area contributed by atoms with E-state index < -0.39 is 5.82 Å². The lowest BCUT2D eigenvalue weighted by Crippen LogP contribution is -2.14. The highest BCUT2D eigenvalue weighted by atomic mass is 79.9. The van der Waals surface area contributed by atoms with E-state index in [-0.39, 0.29) is 17.5 Å². The number of hydrogen-bond acceptors (Lipinski definition) is 2. The molecule has 0 aliphatic heterocycles. The third kappa shape index (κ3) is 3.15. The second-order valence-electron chi connectivity index (χ2n) is 5.16. The molecule has 1 aromatic heterocycles. The Balaban J connectivity index is 2.34. The zero-order valence-electron chi connectivity index (χ0n) is 12.4. The maximum Gasteiger partial charge on any atom is 0.257 e. The van der Waals surface area contributed by atoms with Crippen LogP contribution in [0.2, 0.25) is 0 Å². The van der Waals surface area contributed by atoms with Crippen LogP contribution in [-0.2, 0) is 0 Å². The van der Waals surface area contributed by atoms with E-state index in [0.29, 0.717) is 10.2 Å². The molecule has 0 fully saturated rings. The van der Waals surface area contributed by atoms with Crippen molar-refractivity contribution in [2.75, 3.05) is 5.32 Å². The van der Waals surface area contributed by atoms with E-state index in [1.54, 1.807) is 0 Å². The molecule has 2 aromatic rings. The van der Waals surface area contributed by atoms with Gasteiger partial charge in [0.2, 0.25) is 0 Å². The Morgan fingerprint density at radius 3 is 2.62 bits per heavy atom. The average molecular weight is 354 g/mol. The minimum atomic E-state index is -0.449. The van der Waals surface area contributed by atoms with E-state index in [2.05, 4.69) is 26.3 Å². The van der Waals surface area contributed by atoms with Crippen molar-refractivity contribution in [3.63, 3.8) is 0 Å². The number of carbonyl (C=O) groups is 1. The summed E-state index contributed by atoms with van der Waals surface area (Å²) in [6.45, 7) is 7.78. The Hall–Kier alpha value is -1.69. The van der Waals surface area contributed by atoms with Crippen LogP contribution in [0.15, 0.2) is 22.7 Å². The van der Waals surface area contributed by atoms with Gasteiger partial charge < -0.3 is 5.32 Å². The zero-order chi connectivity index (χ0) is 15.7. The number of nitrogens with one attached hydrogen (secondary N) is 1. The lowest BCUT2D eigenvalue weighted by molar-refractivity contribution is 0.102. The highest BCUT2D eigenvalue weighted by Gasteiger charge is 2.18. The summed E-state index contributed by atoms with van der Waals surface area (Å²) in [5.41, 5.74) is 2.54. The van der Waals surface area contributed by atoms with Crippen LogP contribution >= 0.6 is 15.9 Å². The van der Waals surface area contributed by atoms with Crippen LogP contribution in [0.1, 0.15) is 41.6 Å². The molecule has 2 rings (SSSR count). The summed E-state index contributed by atoms with van der Waals surface area (Å²) in [6, 6.07) is 4.22. The fourth-order valence-electron chi connectivity index (χ4n) is 2.20. The molecule has 0 radical (unpaired) electrons. The minimum Gasteiger partial charge on any atom is -0.319 e. The molecule has 1 N–H and O–H groups in total. The average Bonchev–Trinajstić information content (AvgIpc) is 2.69. The first-order valence-electron chi connectivity index (χ1n) is 6.63. The minimum absolute atomic E-state index is 0.204. The predicted molar refractivity (Wildman–Crippen MR) is 84.1 cm³/mol. The fourth-order valence-corrected chi connectivity index (χ4v) is 2.63. The molecule has 1 heterocycles. The Morgan fingerprint density at radius 2 is 2.05 bits per heavy atom. The molecule has 1 aromatic carbocycles. The van der Waals surface area contributed by atoms with Gasteiger partial charge in [-0.15, -0.1) is 0 Å². The third-order valence-corrected chi connectivity index (χ3v) is 3.92. The SMILES string of the molecule is Cc1nn(C(C)C)c(C)c1NC(=O)c1cc(F)ccc1Br. The number of hydrogen-bond donors (Lipinski definition) is 1. The Kier molecular flexibility index (Phi) is 4.46. The maximum atomic E-state index is 13.3. The molecule has 0 aliphatic carbocycles. The fraction of sp³-hybridized carbons (Fsp3) is 0.333. The van der Waals surface area contributed by atoms with Crippen molar-refractivity contribution < 1.29 is 9.18 Å². The Bertz CT molecular complexity index is 694. The number of benzene rings is 1. The monoisotopic (exact) mass is 353 g/mol. The van der Waals surface area contributed by atoms with Gasteiger partial charge >= 0.3 is 0 Å². The standard InChI is InChI=1S/C15H17BrFN3O/c1-8(2)20-10(4)14(9(3)19-20)18-15(21)12-7-11(17)5-6-13(12)16/h5-8H,1-4H3,(H,18,21). The number of amides is 1. The lowest BCUT2D eigenvalue weighted by atomic mass is 10.2. The summed E-state index contributed by atoms with van der Waals surface area (Å²) >= 11 is 3.26. The van der Waals surface area contributed by atoms with Gasteiger partial charge in [0.15, 0.2) is 0 Å². The molecule has 0 saturated heterocycles. The van der Waals surface area contributed by atoms with Crippen LogP contribution in [-0.4, -0.2) is 15.7 Å². The molecular weight excluding hydrogens is 337 g/mol. The first-order valence-corrected chi connectivity index (χ1v) is 7.42. The Morgan fingerprint density at radius 1 is 1.38 bits per heavy atom. The number of aryl methyl sites for hydroxylation is 1. The summed E-state index contributed by atoms with van der Waals surface area (Å²) < 4.78 is 15.7. The molecule has 6 heteroatoms. The highest BCUT2D eigenvalue weighted by Crippen LogP contribution is 2.25. The molecule has 112 valence electrons. The molecule has 4 nitrogen and oxygen atoms in total. The van der Waals surface area contributed by atoms with Gasteiger partial charge in [0.1, 0.15) is 5.82 Å². The quantitative estimate of drug-likeness (QED) is 0.897. The third-order valence-electron chi connectivity index (χ3n) is 3.23. The second kappa shape index (κ2) is 5.97. The van der Waals surface area contributed by atoms with Gasteiger partial charge in [0, 0.05) is 10.5 Å². The van der Waals surface area contributed by atoms with Crippen LogP contribution in [0.25, 0.3) is 0 Å². The number of carbonyl (C=O) groups excluding carboxylic acids is 1. The van der Waals surface area contributed by atoms with E-state index in [1.165, 1.54) is 18.2 Å². The normalized spacial score (nSPS) is 11.0. The summed E-state index contributed by atoms with van der Waals surface area (Å²) in [4.78, 5) is 12.3. The summed E-state index contributed by atoms with van der Waals surface area (Å²) in [7, 11) is 0. The molecular formula is C15H17BrFN3O. The zero-order valence-corrected chi connectivity index (χ0v) is 14.0. The van der Waals surface area contributed by atoms with Gasteiger partial charge in [-0.3, -0.25) is 9.48 Å². The molecule has 0 bridgehead atoms. The van der Waals surface area contributed by atoms with E-state index in [1.807, 2.05) is 32.4 Å². The van der Waals surface area contributed by atoms with Crippen molar-refractivity contribution in [1.29, 1.82) is 0 Å². The van der Waals surface area contributed by atoms with E-state index in [4.69, 9.17) is 0 Å². The van der Waals surface area contributed by atoms with E-state index >= 15 is 0 Å². The van der Waals surface area contributed by atoms with Crippen molar-refractivity contribution in [3.05, 3.63) is 45.4 Å². The summed E-state index contributed by atoms with van der Waals surface area (Å²) in [5, 5.41) is 7.23. The van der Waals surface area contributed by atoms with Crippen molar-refractivity contribution in [3.8, 4) is 0 Å². The first-order chi connectivity index (χ1) is 9.81. The van der Waals surface area contributed by atoms with Gasteiger partial charge in [-0.2, -0.15) is 5.10 Å². The van der Waals surface area contributed by atoms with Crippen LogP contribution in [0.4, 0.5) is 10.1 Å². The van der Waals surface area contributed by atoms with Gasteiger partial charge in [-0.1, -0.05) is 0 Å². The van der Waals surface area contributed by atoms with E-state index in [9.17, 15) is 9.18 Å².